The van der Waals surface area contributed by atoms with Crippen molar-refractivity contribution in [3.8, 4) is 0 Å². The summed E-state index contributed by atoms with van der Waals surface area (Å²) in [6.45, 7) is 0. The van der Waals surface area contributed by atoms with Crippen LogP contribution in [0.2, 0.25) is 0 Å². The number of aromatic amines is 1. The van der Waals surface area contributed by atoms with Crippen LogP contribution in [0.3, 0.4) is 0 Å². The van der Waals surface area contributed by atoms with Crippen molar-refractivity contribution >= 4 is 24.1 Å². The largest absolute Gasteiger partial charge is 0.293 e. The Bertz CT molecular complexity index is 719. The van der Waals surface area contributed by atoms with E-state index in [1.165, 1.54) is 30.5 Å². The lowest BCUT2D eigenvalue weighted by Crippen LogP contribution is -2.18. The van der Waals surface area contributed by atoms with Crippen LogP contribution < -0.4 is 5.56 Å². The maximum Gasteiger partial charge on any atom is 0.293 e. The average Bonchev–Trinajstić information content (AvgIpc) is 2.38. The van der Waals surface area contributed by atoms with Crippen molar-refractivity contribution in [2.45, 2.75) is 0 Å². The van der Waals surface area contributed by atoms with Crippen LogP contribution in [-0.4, -0.2) is 26.0 Å². The molecule has 0 aliphatic rings. The molecular formula is C10H7N5O3S. The SMILES string of the molecule is O=c1cn[nH]c(=S)n1/N=C/c1ccc([N+](=O)[O-])cc1. The van der Waals surface area contributed by atoms with Crippen molar-refractivity contribution in [1.29, 1.82) is 0 Å². The molecule has 19 heavy (non-hydrogen) atoms. The molecule has 0 saturated carbocycles. The summed E-state index contributed by atoms with van der Waals surface area (Å²) in [4.78, 5) is 21.4. The minimum absolute atomic E-state index is 0.0180. The molecule has 1 aromatic heterocycles. The van der Waals surface area contributed by atoms with Crippen molar-refractivity contribution in [2.75, 3.05) is 0 Å². The number of nitro benzene ring substituents is 1. The second-order valence-corrected chi connectivity index (χ2v) is 3.81. The third-order valence-electron chi connectivity index (χ3n) is 2.16. The monoisotopic (exact) mass is 277 g/mol. The topological polar surface area (TPSA) is 106 Å². The summed E-state index contributed by atoms with van der Waals surface area (Å²) in [5.41, 5.74) is 0.112. The molecule has 0 unspecified atom stereocenters. The molecule has 1 aromatic carbocycles. The van der Waals surface area contributed by atoms with Gasteiger partial charge in [-0.3, -0.25) is 20.0 Å². The fraction of sp³-hybridized carbons (Fsp3) is 0. The number of benzene rings is 1. The lowest BCUT2D eigenvalue weighted by atomic mass is 10.2. The first kappa shape index (κ1) is 12.8. The summed E-state index contributed by atoms with van der Waals surface area (Å²) in [7, 11) is 0. The molecule has 8 nitrogen and oxygen atoms in total. The van der Waals surface area contributed by atoms with Gasteiger partial charge in [0.15, 0.2) is 0 Å². The van der Waals surface area contributed by atoms with E-state index in [-0.39, 0.29) is 10.5 Å². The van der Waals surface area contributed by atoms with E-state index >= 15 is 0 Å². The highest BCUT2D eigenvalue weighted by molar-refractivity contribution is 7.71. The van der Waals surface area contributed by atoms with Gasteiger partial charge in [0.05, 0.1) is 11.1 Å². The Labute approximate surface area is 111 Å². The van der Waals surface area contributed by atoms with Crippen molar-refractivity contribution in [1.82, 2.24) is 14.9 Å². The molecule has 0 amide bonds. The number of hydrogen-bond donors (Lipinski definition) is 1. The molecule has 0 atom stereocenters. The quantitative estimate of drug-likeness (QED) is 0.391. The van der Waals surface area contributed by atoms with Gasteiger partial charge in [-0.15, -0.1) is 0 Å². The molecule has 9 heteroatoms. The molecule has 0 fully saturated rings. The summed E-state index contributed by atoms with van der Waals surface area (Å²) < 4.78 is 1.02. The number of nitrogens with zero attached hydrogens (tertiary/aromatic N) is 4. The Kier molecular flexibility index (Phi) is 3.57. The van der Waals surface area contributed by atoms with Crippen LogP contribution in [-0.2, 0) is 0 Å². The first-order valence-electron chi connectivity index (χ1n) is 5.03. The lowest BCUT2D eigenvalue weighted by molar-refractivity contribution is -0.384. The maximum atomic E-state index is 11.4. The second-order valence-electron chi connectivity index (χ2n) is 3.42. The number of non-ortho nitro benzene ring substituents is 1. The van der Waals surface area contributed by atoms with Gasteiger partial charge >= 0.3 is 0 Å². The molecule has 0 aliphatic heterocycles. The van der Waals surface area contributed by atoms with Crippen LogP contribution >= 0.6 is 12.2 Å². The van der Waals surface area contributed by atoms with Crippen LogP contribution in [0, 0.1) is 14.9 Å². The van der Waals surface area contributed by atoms with Crippen molar-refractivity contribution in [3.05, 3.63) is 61.3 Å². The average molecular weight is 277 g/mol. The standard InChI is InChI=1S/C10H7N5O3S/c16-9-6-11-13-10(19)14(9)12-5-7-1-3-8(4-2-7)15(17)18/h1-6H,(H,13,19)/b12-5+. The Hall–Kier alpha value is -2.68. The Morgan fingerprint density at radius 2 is 2.11 bits per heavy atom. The van der Waals surface area contributed by atoms with Crippen LogP contribution in [0.4, 0.5) is 5.69 Å². The van der Waals surface area contributed by atoms with Gasteiger partial charge in [-0.2, -0.15) is 14.9 Å². The first-order chi connectivity index (χ1) is 9.08. The molecule has 1 N–H and O–H groups in total. The van der Waals surface area contributed by atoms with E-state index in [9.17, 15) is 14.9 Å². The zero-order valence-corrected chi connectivity index (χ0v) is 10.2. The normalized spacial score (nSPS) is 10.7. The van der Waals surface area contributed by atoms with E-state index < -0.39 is 10.5 Å². The highest BCUT2D eigenvalue weighted by Crippen LogP contribution is 2.10. The predicted molar refractivity (Wildman–Crippen MR) is 69.8 cm³/mol. The van der Waals surface area contributed by atoms with Gasteiger partial charge in [-0.05, 0) is 29.9 Å². The van der Waals surface area contributed by atoms with Gasteiger partial charge < -0.3 is 0 Å². The molecule has 0 bridgehead atoms. The minimum atomic E-state index is -0.495. The molecule has 2 aromatic rings. The lowest BCUT2D eigenvalue weighted by Gasteiger charge is -1.96. The molecule has 2 rings (SSSR count). The number of nitro groups is 1. The summed E-state index contributed by atoms with van der Waals surface area (Å²) in [6.07, 6.45) is 2.41. The summed E-state index contributed by atoms with van der Waals surface area (Å²) in [6, 6.07) is 5.72. The van der Waals surface area contributed by atoms with Gasteiger partial charge in [0, 0.05) is 12.1 Å². The Morgan fingerprint density at radius 3 is 2.68 bits per heavy atom. The van der Waals surface area contributed by atoms with Crippen LogP contribution in [0.5, 0.6) is 0 Å². The fourth-order valence-corrected chi connectivity index (χ4v) is 1.45. The van der Waals surface area contributed by atoms with Crippen molar-refractivity contribution < 1.29 is 4.92 Å². The van der Waals surface area contributed by atoms with E-state index in [2.05, 4.69) is 15.3 Å². The zero-order chi connectivity index (χ0) is 13.8. The van der Waals surface area contributed by atoms with Crippen LogP contribution in [0.1, 0.15) is 5.56 Å². The molecule has 0 aliphatic carbocycles. The summed E-state index contributed by atoms with van der Waals surface area (Å²) in [5.74, 6) is 0. The molecule has 1 heterocycles. The predicted octanol–water partition coefficient (Wildman–Crippen LogP) is 1.09. The van der Waals surface area contributed by atoms with E-state index in [4.69, 9.17) is 12.2 Å². The highest BCUT2D eigenvalue weighted by atomic mass is 32.1. The fourth-order valence-electron chi connectivity index (χ4n) is 1.26. The number of H-pyrrole nitrogens is 1. The first-order valence-corrected chi connectivity index (χ1v) is 5.44. The zero-order valence-electron chi connectivity index (χ0n) is 9.39. The number of aromatic nitrogens is 3. The smallest absolute Gasteiger partial charge is 0.265 e. The third-order valence-corrected chi connectivity index (χ3v) is 2.43. The van der Waals surface area contributed by atoms with Gasteiger partial charge in [0.1, 0.15) is 6.20 Å². The van der Waals surface area contributed by atoms with Gasteiger partial charge in [-0.25, -0.2) is 0 Å². The number of rotatable bonds is 3. The van der Waals surface area contributed by atoms with E-state index in [0.29, 0.717) is 5.56 Å². The van der Waals surface area contributed by atoms with Crippen LogP contribution in [0.25, 0.3) is 0 Å². The summed E-state index contributed by atoms with van der Waals surface area (Å²) >= 11 is 4.85. The van der Waals surface area contributed by atoms with Gasteiger partial charge in [0.25, 0.3) is 11.2 Å². The van der Waals surface area contributed by atoms with Crippen molar-refractivity contribution in [2.24, 2.45) is 5.10 Å². The molecule has 0 radical (unpaired) electrons. The third kappa shape index (κ3) is 2.96. The minimum Gasteiger partial charge on any atom is -0.265 e. The number of nitrogens with one attached hydrogen (secondary N) is 1. The van der Waals surface area contributed by atoms with Crippen molar-refractivity contribution in [3.63, 3.8) is 0 Å². The molecule has 0 saturated heterocycles. The molecule has 0 spiro atoms. The molecule has 96 valence electrons. The summed E-state index contributed by atoms with van der Waals surface area (Å²) in [5, 5.41) is 20.3. The maximum absolute atomic E-state index is 11.4. The number of hydrogen-bond acceptors (Lipinski definition) is 6. The van der Waals surface area contributed by atoms with E-state index in [0.717, 1.165) is 10.9 Å². The van der Waals surface area contributed by atoms with Gasteiger partial charge in [0.2, 0.25) is 4.77 Å². The second kappa shape index (κ2) is 5.31. The molecular weight excluding hydrogens is 270 g/mol. The van der Waals surface area contributed by atoms with E-state index in [1.807, 2.05) is 0 Å². The Balaban J connectivity index is 2.31. The highest BCUT2D eigenvalue weighted by Gasteiger charge is 2.02. The van der Waals surface area contributed by atoms with Gasteiger partial charge in [-0.1, -0.05) is 0 Å². The Morgan fingerprint density at radius 1 is 1.42 bits per heavy atom. The van der Waals surface area contributed by atoms with E-state index in [1.54, 1.807) is 0 Å². The van der Waals surface area contributed by atoms with Crippen LogP contribution in [0.15, 0.2) is 40.4 Å².